The Morgan fingerprint density at radius 3 is 2.69 bits per heavy atom. The van der Waals surface area contributed by atoms with Crippen molar-refractivity contribution in [2.75, 3.05) is 18.1 Å². The molecule has 2 rings (SSSR count). The summed E-state index contributed by atoms with van der Waals surface area (Å²) in [4.78, 5) is 1.37. The minimum atomic E-state index is 0.562. The van der Waals surface area contributed by atoms with Crippen molar-refractivity contribution >= 4 is 28.4 Å². The van der Waals surface area contributed by atoms with Crippen LogP contribution in [-0.4, -0.2) is 18.1 Å². The van der Waals surface area contributed by atoms with E-state index in [0.29, 0.717) is 6.61 Å². The van der Waals surface area contributed by atoms with Crippen molar-refractivity contribution in [3.8, 4) is 5.75 Å². The fourth-order valence-corrected chi connectivity index (χ4v) is 3.51. The SMILES string of the molecule is C=CCOc1ccc(C2=CSCCS2)cc1. The predicted molar refractivity (Wildman–Crippen MR) is 75.0 cm³/mol. The van der Waals surface area contributed by atoms with Gasteiger partial charge in [0, 0.05) is 16.4 Å². The third-order valence-corrected chi connectivity index (χ3v) is 4.48. The van der Waals surface area contributed by atoms with E-state index >= 15 is 0 Å². The Morgan fingerprint density at radius 1 is 1.25 bits per heavy atom. The normalized spacial score (nSPS) is 15.4. The van der Waals surface area contributed by atoms with E-state index in [0.717, 1.165) is 5.75 Å². The molecule has 0 fully saturated rings. The summed E-state index contributed by atoms with van der Waals surface area (Å²) in [7, 11) is 0. The summed E-state index contributed by atoms with van der Waals surface area (Å²) >= 11 is 3.81. The van der Waals surface area contributed by atoms with Gasteiger partial charge in [-0.2, -0.15) is 0 Å². The topological polar surface area (TPSA) is 9.23 Å². The van der Waals surface area contributed by atoms with Gasteiger partial charge < -0.3 is 4.74 Å². The molecule has 0 radical (unpaired) electrons. The van der Waals surface area contributed by atoms with Crippen LogP contribution in [0.2, 0.25) is 0 Å². The first-order valence-electron chi connectivity index (χ1n) is 5.19. The Kier molecular flexibility index (Phi) is 4.43. The van der Waals surface area contributed by atoms with E-state index in [1.807, 2.05) is 35.7 Å². The highest BCUT2D eigenvalue weighted by molar-refractivity contribution is 8.13. The Bertz CT molecular complexity index is 381. The van der Waals surface area contributed by atoms with Gasteiger partial charge in [-0.3, -0.25) is 0 Å². The van der Waals surface area contributed by atoms with Crippen molar-refractivity contribution in [1.29, 1.82) is 0 Å². The molecule has 84 valence electrons. The Balaban J connectivity index is 2.06. The van der Waals surface area contributed by atoms with E-state index in [4.69, 9.17) is 4.74 Å². The summed E-state index contributed by atoms with van der Waals surface area (Å²) in [6.45, 7) is 4.19. The van der Waals surface area contributed by atoms with Crippen LogP contribution in [0.4, 0.5) is 0 Å². The van der Waals surface area contributed by atoms with Gasteiger partial charge >= 0.3 is 0 Å². The highest BCUT2D eigenvalue weighted by Gasteiger charge is 2.06. The van der Waals surface area contributed by atoms with Crippen LogP contribution in [0.15, 0.2) is 42.3 Å². The molecule has 16 heavy (non-hydrogen) atoms. The quantitative estimate of drug-likeness (QED) is 0.747. The maximum Gasteiger partial charge on any atom is 0.119 e. The Hall–Kier alpha value is -0.800. The van der Waals surface area contributed by atoms with Crippen LogP contribution in [0.5, 0.6) is 5.75 Å². The molecule has 1 nitrogen and oxygen atoms in total. The minimum Gasteiger partial charge on any atom is -0.490 e. The number of rotatable bonds is 4. The first kappa shape index (κ1) is 11.7. The minimum absolute atomic E-state index is 0.562. The average molecular weight is 250 g/mol. The molecule has 1 aliphatic heterocycles. The zero-order chi connectivity index (χ0) is 11.2. The van der Waals surface area contributed by atoms with Crippen LogP contribution in [0.25, 0.3) is 4.91 Å². The van der Waals surface area contributed by atoms with Gasteiger partial charge in [-0.05, 0) is 23.1 Å². The summed E-state index contributed by atoms with van der Waals surface area (Å²) in [6, 6.07) is 8.26. The maximum atomic E-state index is 5.45. The lowest BCUT2D eigenvalue weighted by Crippen LogP contribution is -1.93. The molecule has 0 bridgehead atoms. The van der Waals surface area contributed by atoms with E-state index in [9.17, 15) is 0 Å². The van der Waals surface area contributed by atoms with E-state index in [1.165, 1.54) is 22.0 Å². The summed E-state index contributed by atoms with van der Waals surface area (Å²) in [5.41, 5.74) is 1.28. The second-order valence-corrected chi connectivity index (χ2v) is 5.44. The van der Waals surface area contributed by atoms with Crippen molar-refractivity contribution in [1.82, 2.24) is 0 Å². The summed E-state index contributed by atoms with van der Waals surface area (Å²) in [5, 5.41) is 2.24. The van der Waals surface area contributed by atoms with Crippen LogP contribution < -0.4 is 4.74 Å². The molecular weight excluding hydrogens is 236 g/mol. The molecule has 1 aliphatic rings. The fraction of sp³-hybridized carbons (Fsp3) is 0.231. The van der Waals surface area contributed by atoms with Crippen molar-refractivity contribution in [2.24, 2.45) is 0 Å². The highest BCUT2D eigenvalue weighted by atomic mass is 32.2. The van der Waals surface area contributed by atoms with Crippen LogP contribution in [-0.2, 0) is 0 Å². The van der Waals surface area contributed by atoms with Crippen molar-refractivity contribution in [3.05, 3.63) is 47.9 Å². The lowest BCUT2D eigenvalue weighted by molar-refractivity contribution is 0.363. The van der Waals surface area contributed by atoms with Gasteiger partial charge in [0.15, 0.2) is 0 Å². The van der Waals surface area contributed by atoms with Crippen LogP contribution in [0.3, 0.4) is 0 Å². The van der Waals surface area contributed by atoms with Crippen LogP contribution in [0, 0.1) is 0 Å². The first-order chi connectivity index (χ1) is 7.90. The van der Waals surface area contributed by atoms with E-state index in [-0.39, 0.29) is 0 Å². The van der Waals surface area contributed by atoms with Crippen LogP contribution in [0.1, 0.15) is 5.56 Å². The lowest BCUT2D eigenvalue weighted by Gasteiger charge is -2.12. The molecule has 0 aromatic heterocycles. The van der Waals surface area contributed by atoms with E-state index in [2.05, 4.69) is 24.1 Å². The zero-order valence-corrected chi connectivity index (χ0v) is 10.7. The summed E-state index contributed by atoms with van der Waals surface area (Å²) in [6.07, 6.45) is 1.75. The van der Waals surface area contributed by atoms with Gasteiger partial charge in [0.1, 0.15) is 12.4 Å². The second-order valence-electron chi connectivity index (χ2n) is 3.33. The van der Waals surface area contributed by atoms with Crippen molar-refractivity contribution in [3.63, 3.8) is 0 Å². The molecule has 1 aromatic rings. The summed E-state index contributed by atoms with van der Waals surface area (Å²) in [5.74, 6) is 3.32. The molecule has 0 saturated carbocycles. The number of hydrogen-bond acceptors (Lipinski definition) is 3. The smallest absolute Gasteiger partial charge is 0.119 e. The first-order valence-corrected chi connectivity index (χ1v) is 7.22. The largest absolute Gasteiger partial charge is 0.490 e. The molecule has 3 heteroatoms. The average Bonchev–Trinajstić information content (AvgIpc) is 2.38. The lowest BCUT2D eigenvalue weighted by atomic mass is 10.2. The van der Waals surface area contributed by atoms with Gasteiger partial charge in [-0.1, -0.05) is 24.8 Å². The molecule has 0 aliphatic carbocycles. The van der Waals surface area contributed by atoms with Gasteiger partial charge in [0.05, 0.1) is 0 Å². The highest BCUT2D eigenvalue weighted by Crippen LogP contribution is 2.35. The molecule has 1 aromatic carbocycles. The Labute approximate surface area is 105 Å². The molecule has 0 atom stereocenters. The van der Waals surface area contributed by atoms with Crippen molar-refractivity contribution < 1.29 is 4.74 Å². The number of hydrogen-bond donors (Lipinski definition) is 0. The van der Waals surface area contributed by atoms with Crippen molar-refractivity contribution in [2.45, 2.75) is 0 Å². The fourth-order valence-electron chi connectivity index (χ4n) is 1.39. The molecule has 0 unspecified atom stereocenters. The maximum absolute atomic E-state index is 5.45. The van der Waals surface area contributed by atoms with E-state index in [1.54, 1.807) is 6.08 Å². The molecule has 0 spiro atoms. The third-order valence-electron chi connectivity index (χ3n) is 2.16. The van der Waals surface area contributed by atoms with Crippen LogP contribution >= 0.6 is 23.5 Å². The number of benzene rings is 1. The molecule has 0 saturated heterocycles. The molecular formula is C13H14OS2. The Morgan fingerprint density at radius 2 is 2.06 bits per heavy atom. The van der Waals surface area contributed by atoms with Gasteiger partial charge in [0.25, 0.3) is 0 Å². The predicted octanol–water partition coefficient (Wildman–Crippen LogP) is 4.03. The third kappa shape index (κ3) is 3.09. The van der Waals surface area contributed by atoms with Gasteiger partial charge in [0.2, 0.25) is 0 Å². The summed E-state index contributed by atoms with van der Waals surface area (Å²) < 4.78 is 5.45. The van der Waals surface area contributed by atoms with Gasteiger partial charge in [-0.25, -0.2) is 0 Å². The number of ether oxygens (including phenoxy) is 1. The zero-order valence-electron chi connectivity index (χ0n) is 9.02. The molecule has 0 N–H and O–H groups in total. The standard InChI is InChI=1S/C13H14OS2/c1-2-7-14-12-5-3-11(4-6-12)13-10-15-8-9-16-13/h2-6,10H,1,7-9H2. The van der Waals surface area contributed by atoms with E-state index < -0.39 is 0 Å². The number of thioether (sulfide) groups is 2. The second kappa shape index (κ2) is 6.06. The molecule has 1 heterocycles. The molecule has 0 amide bonds. The monoisotopic (exact) mass is 250 g/mol. The van der Waals surface area contributed by atoms with Gasteiger partial charge in [-0.15, -0.1) is 23.5 Å².